The van der Waals surface area contributed by atoms with E-state index in [1.54, 1.807) is 0 Å². The minimum atomic E-state index is 0.0551. The van der Waals surface area contributed by atoms with E-state index in [2.05, 4.69) is 10.2 Å². The number of rotatable bonds is 9. The molecule has 1 N–H and O–H groups in total. The zero-order chi connectivity index (χ0) is 20.3. The van der Waals surface area contributed by atoms with Crippen LogP contribution in [0.15, 0.2) is 60.7 Å². The number of carbonyl (C=O) groups excluding carboxylic acids is 2. The van der Waals surface area contributed by atoms with E-state index in [4.69, 9.17) is 4.74 Å². The number of piperazine rings is 1. The Morgan fingerprint density at radius 1 is 0.897 bits per heavy atom. The van der Waals surface area contributed by atoms with Crippen molar-refractivity contribution in [2.45, 2.75) is 12.8 Å². The Morgan fingerprint density at radius 3 is 2.24 bits per heavy atom. The van der Waals surface area contributed by atoms with Gasteiger partial charge in [-0.15, -0.1) is 0 Å². The predicted octanol–water partition coefficient (Wildman–Crippen LogP) is 2.42. The van der Waals surface area contributed by atoms with Crippen molar-refractivity contribution in [2.24, 2.45) is 0 Å². The highest BCUT2D eigenvalue weighted by Gasteiger charge is 2.21. The second-order valence-electron chi connectivity index (χ2n) is 7.11. The molecule has 6 heteroatoms. The van der Waals surface area contributed by atoms with Gasteiger partial charge in [0.1, 0.15) is 5.75 Å². The topological polar surface area (TPSA) is 61.9 Å². The Balaban J connectivity index is 1.25. The Kier molecular flexibility index (Phi) is 8.07. The number of para-hydroxylation sites is 1. The number of amides is 2. The van der Waals surface area contributed by atoms with Gasteiger partial charge in [-0.3, -0.25) is 14.5 Å². The summed E-state index contributed by atoms with van der Waals surface area (Å²) in [5.74, 6) is 0.980. The summed E-state index contributed by atoms with van der Waals surface area (Å²) in [5, 5.41) is 2.97. The Morgan fingerprint density at radius 2 is 1.55 bits per heavy atom. The molecule has 2 aromatic carbocycles. The molecule has 0 atom stereocenters. The summed E-state index contributed by atoms with van der Waals surface area (Å²) in [5.41, 5.74) is 0.740. The van der Waals surface area contributed by atoms with Crippen molar-refractivity contribution in [1.29, 1.82) is 0 Å². The second kappa shape index (κ2) is 11.2. The van der Waals surface area contributed by atoms with Gasteiger partial charge in [0, 0.05) is 51.3 Å². The maximum absolute atomic E-state index is 12.5. The predicted molar refractivity (Wildman–Crippen MR) is 113 cm³/mol. The van der Waals surface area contributed by atoms with Crippen LogP contribution in [-0.2, 0) is 4.79 Å². The van der Waals surface area contributed by atoms with Crippen LogP contribution in [0.2, 0.25) is 0 Å². The standard InChI is InChI=1S/C23H29N3O3/c27-22(12-7-19-29-21-10-5-2-6-11-21)24-13-14-25-15-17-26(18-16-25)23(28)20-8-3-1-4-9-20/h1-6,8-11H,7,12-19H2,(H,24,27). The fraction of sp³-hybridized carbons (Fsp3) is 0.391. The molecule has 1 heterocycles. The van der Waals surface area contributed by atoms with Crippen LogP contribution < -0.4 is 10.1 Å². The first-order valence-electron chi connectivity index (χ1n) is 10.2. The molecule has 6 nitrogen and oxygen atoms in total. The maximum atomic E-state index is 12.5. The van der Waals surface area contributed by atoms with E-state index < -0.39 is 0 Å². The highest BCUT2D eigenvalue weighted by atomic mass is 16.5. The lowest BCUT2D eigenvalue weighted by Gasteiger charge is -2.34. The normalized spacial score (nSPS) is 14.4. The molecule has 1 saturated heterocycles. The molecule has 0 spiro atoms. The van der Waals surface area contributed by atoms with Crippen LogP contribution in [0.3, 0.4) is 0 Å². The van der Waals surface area contributed by atoms with Crippen LogP contribution >= 0.6 is 0 Å². The summed E-state index contributed by atoms with van der Waals surface area (Å²) < 4.78 is 5.60. The molecular weight excluding hydrogens is 366 g/mol. The number of ether oxygens (including phenoxy) is 1. The summed E-state index contributed by atoms with van der Waals surface area (Å²) in [4.78, 5) is 28.6. The molecule has 0 saturated carbocycles. The maximum Gasteiger partial charge on any atom is 0.253 e. The smallest absolute Gasteiger partial charge is 0.253 e. The van der Waals surface area contributed by atoms with Crippen molar-refractivity contribution in [3.8, 4) is 5.75 Å². The first-order valence-corrected chi connectivity index (χ1v) is 10.2. The summed E-state index contributed by atoms with van der Waals surface area (Å²) in [6.45, 7) is 5.08. The molecule has 1 aliphatic rings. The van der Waals surface area contributed by atoms with Crippen LogP contribution in [0.25, 0.3) is 0 Å². The van der Waals surface area contributed by atoms with Crippen molar-refractivity contribution < 1.29 is 14.3 Å². The van der Waals surface area contributed by atoms with Gasteiger partial charge in [0.15, 0.2) is 0 Å². The van der Waals surface area contributed by atoms with Gasteiger partial charge < -0.3 is 15.0 Å². The van der Waals surface area contributed by atoms with Crippen molar-refractivity contribution in [3.63, 3.8) is 0 Å². The lowest BCUT2D eigenvalue weighted by atomic mass is 10.2. The van der Waals surface area contributed by atoms with Crippen LogP contribution in [0.4, 0.5) is 0 Å². The molecule has 0 aliphatic carbocycles. The minimum Gasteiger partial charge on any atom is -0.494 e. The first kappa shape index (κ1) is 20.9. The molecule has 3 rings (SSSR count). The third-order valence-corrected chi connectivity index (χ3v) is 4.99. The Bertz CT molecular complexity index is 759. The average Bonchev–Trinajstić information content (AvgIpc) is 2.78. The lowest BCUT2D eigenvalue weighted by Crippen LogP contribution is -2.50. The Hall–Kier alpha value is -2.86. The molecule has 1 fully saturated rings. The SMILES string of the molecule is O=C(CCCOc1ccccc1)NCCN1CCN(C(=O)c2ccccc2)CC1. The number of nitrogens with one attached hydrogen (secondary N) is 1. The number of hydrogen-bond donors (Lipinski definition) is 1. The molecule has 1 aliphatic heterocycles. The Labute approximate surface area is 172 Å². The zero-order valence-electron chi connectivity index (χ0n) is 16.8. The number of nitrogens with zero attached hydrogens (tertiary/aromatic N) is 2. The van der Waals surface area contributed by atoms with E-state index in [0.717, 1.165) is 44.0 Å². The van der Waals surface area contributed by atoms with Crippen LogP contribution in [0.1, 0.15) is 23.2 Å². The largest absolute Gasteiger partial charge is 0.494 e. The monoisotopic (exact) mass is 395 g/mol. The van der Waals surface area contributed by atoms with Crippen LogP contribution in [0.5, 0.6) is 5.75 Å². The fourth-order valence-corrected chi connectivity index (χ4v) is 3.32. The van der Waals surface area contributed by atoms with Gasteiger partial charge >= 0.3 is 0 Å². The molecular formula is C23H29N3O3. The van der Waals surface area contributed by atoms with E-state index in [1.807, 2.05) is 65.6 Å². The quantitative estimate of drug-likeness (QED) is 0.663. The van der Waals surface area contributed by atoms with E-state index in [-0.39, 0.29) is 11.8 Å². The van der Waals surface area contributed by atoms with Gasteiger partial charge in [-0.05, 0) is 30.7 Å². The molecule has 0 bridgehead atoms. The van der Waals surface area contributed by atoms with Gasteiger partial charge in [0.05, 0.1) is 6.61 Å². The molecule has 2 amide bonds. The highest BCUT2D eigenvalue weighted by molar-refractivity contribution is 5.94. The summed E-state index contributed by atoms with van der Waals surface area (Å²) >= 11 is 0. The molecule has 0 aromatic heterocycles. The van der Waals surface area contributed by atoms with Crippen molar-refractivity contribution in [1.82, 2.24) is 15.1 Å². The van der Waals surface area contributed by atoms with Crippen LogP contribution in [-0.4, -0.2) is 67.5 Å². The molecule has 154 valence electrons. The van der Waals surface area contributed by atoms with Crippen molar-refractivity contribution >= 4 is 11.8 Å². The molecule has 0 unspecified atom stereocenters. The lowest BCUT2D eigenvalue weighted by molar-refractivity contribution is -0.121. The highest BCUT2D eigenvalue weighted by Crippen LogP contribution is 2.09. The van der Waals surface area contributed by atoms with E-state index in [1.165, 1.54) is 0 Å². The van der Waals surface area contributed by atoms with Crippen LogP contribution in [0, 0.1) is 0 Å². The summed E-state index contributed by atoms with van der Waals surface area (Å²) in [7, 11) is 0. The first-order chi connectivity index (χ1) is 14.2. The fourth-order valence-electron chi connectivity index (χ4n) is 3.32. The molecule has 2 aromatic rings. The summed E-state index contributed by atoms with van der Waals surface area (Å²) in [6.07, 6.45) is 1.16. The van der Waals surface area contributed by atoms with Gasteiger partial charge in [-0.2, -0.15) is 0 Å². The zero-order valence-corrected chi connectivity index (χ0v) is 16.8. The third-order valence-electron chi connectivity index (χ3n) is 4.99. The van der Waals surface area contributed by atoms with Crippen molar-refractivity contribution in [3.05, 3.63) is 66.2 Å². The van der Waals surface area contributed by atoms with Crippen molar-refractivity contribution in [2.75, 3.05) is 45.9 Å². The van der Waals surface area contributed by atoms with Gasteiger partial charge in [-0.25, -0.2) is 0 Å². The van der Waals surface area contributed by atoms with E-state index in [0.29, 0.717) is 26.0 Å². The molecule has 29 heavy (non-hydrogen) atoms. The summed E-state index contributed by atoms with van der Waals surface area (Å²) in [6, 6.07) is 19.0. The third kappa shape index (κ3) is 6.91. The number of hydrogen-bond acceptors (Lipinski definition) is 4. The van der Waals surface area contributed by atoms with Gasteiger partial charge in [0.25, 0.3) is 5.91 Å². The number of carbonyl (C=O) groups is 2. The molecule has 0 radical (unpaired) electrons. The number of benzene rings is 2. The van der Waals surface area contributed by atoms with E-state index in [9.17, 15) is 9.59 Å². The van der Waals surface area contributed by atoms with Gasteiger partial charge in [0.2, 0.25) is 5.91 Å². The minimum absolute atomic E-state index is 0.0551. The average molecular weight is 396 g/mol. The van der Waals surface area contributed by atoms with Gasteiger partial charge in [-0.1, -0.05) is 36.4 Å². The second-order valence-corrected chi connectivity index (χ2v) is 7.11. The van der Waals surface area contributed by atoms with E-state index >= 15 is 0 Å².